The molecule has 6 nitrogen and oxygen atoms in total. The van der Waals surface area contributed by atoms with Gasteiger partial charge < -0.3 is 20.1 Å². The van der Waals surface area contributed by atoms with Crippen LogP contribution in [-0.2, 0) is 0 Å². The maximum Gasteiger partial charge on any atom is 0.173 e. The third-order valence-corrected chi connectivity index (χ3v) is 4.99. The molecule has 23 heavy (non-hydrogen) atoms. The van der Waals surface area contributed by atoms with Crippen LogP contribution in [0, 0.1) is 0 Å². The first-order valence-corrected chi connectivity index (χ1v) is 8.37. The number of aliphatic hydroxyl groups excluding tert-OH is 3. The van der Waals surface area contributed by atoms with Crippen LogP contribution in [0.3, 0.4) is 0 Å². The fourth-order valence-electron chi connectivity index (χ4n) is 2.23. The zero-order valence-corrected chi connectivity index (χ0v) is 13.5. The van der Waals surface area contributed by atoms with Gasteiger partial charge in [-0.15, -0.1) is 11.8 Å². The first-order valence-electron chi connectivity index (χ1n) is 6.94. The third kappa shape index (κ3) is 3.59. The molecular weight excluding hydrogens is 340 g/mol. The summed E-state index contributed by atoms with van der Waals surface area (Å²) in [6.07, 6.45) is 1.36. The summed E-state index contributed by atoms with van der Waals surface area (Å²) in [4.78, 5) is 8.32. The molecule has 4 atom stereocenters. The number of rotatable bonds is 3. The van der Waals surface area contributed by atoms with E-state index in [-0.39, 0.29) is 5.75 Å². The van der Waals surface area contributed by atoms with Crippen LogP contribution >= 0.6 is 23.4 Å². The number of hydrogen-bond donors (Lipinski definition) is 3. The van der Waals surface area contributed by atoms with E-state index in [0.29, 0.717) is 22.0 Å². The molecule has 1 saturated heterocycles. The minimum Gasteiger partial charge on any atom is -0.475 e. The van der Waals surface area contributed by atoms with E-state index in [2.05, 4.69) is 9.97 Å². The van der Waals surface area contributed by atoms with Crippen molar-refractivity contribution in [2.24, 2.45) is 0 Å². The van der Waals surface area contributed by atoms with E-state index in [4.69, 9.17) is 16.3 Å². The van der Waals surface area contributed by atoms with E-state index >= 15 is 0 Å². The molecule has 122 valence electrons. The van der Waals surface area contributed by atoms with Crippen LogP contribution in [0.2, 0.25) is 5.02 Å². The Labute approximate surface area is 142 Å². The van der Waals surface area contributed by atoms with Crippen LogP contribution in [-0.4, -0.2) is 54.8 Å². The molecule has 0 bridgehead atoms. The van der Waals surface area contributed by atoms with E-state index < -0.39 is 23.7 Å². The normalized spacial score (nSPS) is 27.7. The van der Waals surface area contributed by atoms with Gasteiger partial charge in [0.15, 0.2) is 5.44 Å². The molecule has 0 aliphatic carbocycles. The van der Waals surface area contributed by atoms with Crippen LogP contribution in [0.15, 0.2) is 36.8 Å². The van der Waals surface area contributed by atoms with Crippen molar-refractivity contribution < 1.29 is 20.1 Å². The summed E-state index contributed by atoms with van der Waals surface area (Å²) >= 11 is 7.36. The molecule has 3 N–H and O–H groups in total. The van der Waals surface area contributed by atoms with Crippen molar-refractivity contribution >= 4 is 23.4 Å². The molecule has 1 aliphatic heterocycles. The summed E-state index contributed by atoms with van der Waals surface area (Å²) in [5, 5.41) is 29.7. The molecule has 8 heteroatoms. The van der Waals surface area contributed by atoms with Gasteiger partial charge in [-0.3, -0.25) is 9.97 Å². The summed E-state index contributed by atoms with van der Waals surface area (Å²) < 4.78 is 5.70. The van der Waals surface area contributed by atoms with Gasteiger partial charge in [-0.2, -0.15) is 0 Å². The lowest BCUT2D eigenvalue weighted by Crippen LogP contribution is -2.50. The molecule has 0 unspecified atom stereocenters. The number of pyridine rings is 2. The van der Waals surface area contributed by atoms with E-state index in [9.17, 15) is 15.3 Å². The highest BCUT2D eigenvalue weighted by molar-refractivity contribution is 7.99. The number of aliphatic hydroxyl groups is 3. The van der Waals surface area contributed by atoms with Gasteiger partial charge in [0.25, 0.3) is 0 Å². The quantitative estimate of drug-likeness (QED) is 0.765. The molecule has 0 saturated carbocycles. The molecule has 0 amide bonds. The topological polar surface area (TPSA) is 95.7 Å². The van der Waals surface area contributed by atoms with Gasteiger partial charge in [0, 0.05) is 23.7 Å². The summed E-state index contributed by atoms with van der Waals surface area (Å²) in [6.45, 7) is 0. The molecule has 3 heterocycles. The molecule has 3 rings (SSSR count). The van der Waals surface area contributed by atoms with Crippen LogP contribution in [0.25, 0.3) is 11.3 Å². The number of ether oxygens (including phenoxy) is 1. The first kappa shape index (κ1) is 16.5. The molecule has 0 spiro atoms. The Hall–Kier alpha value is -1.38. The molecule has 0 radical (unpaired) electrons. The van der Waals surface area contributed by atoms with Gasteiger partial charge >= 0.3 is 0 Å². The predicted octanol–water partition coefficient (Wildman–Crippen LogP) is 1.33. The maximum atomic E-state index is 9.99. The average molecular weight is 355 g/mol. The number of hydrogen-bond acceptors (Lipinski definition) is 7. The van der Waals surface area contributed by atoms with Crippen molar-refractivity contribution in [1.82, 2.24) is 9.97 Å². The van der Waals surface area contributed by atoms with Gasteiger partial charge in [0.2, 0.25) is 0 Å². The molecule has 2 aromatic heterocycles. The monoisotopic (exact) mass is 354 g/mol. The van der Waals surface area contributed by atoms with Crippen molar-refractivity contribution in [2.45, 2.75) is 23.7 Å². The second kappa shape index (κ2) is 7.02. The van der Waals surface area contributed by atoms with Crippen molar-refractivity contribution in [3.05, 3.63) is 41.8 Å². The van der Waals surface area contributed by atoms with E-state index in [0.717, 1.165) is 0 Å². The number of thioether (sulfide) groups is 1. The largest absolute Gasteiger partial charge is 0.475 e. The zero-order chi connectivity index (χ0) is 16.4. The van der Waals surface area contributed by atoms with Gasteiger partial charge in [-0.25, -0.2) is 0 Å². The Bertz CT molecular complexity index is 690. The SMILES string of the molecule is O[C@@H]1[C@@H](O)[C@@H](Oc2cncc(-c3ncccc3Cl)c2)SC[C@H]1O. The smallest absolute Gasteiger partial charge is 0.173 e. The second-order valence-electron chi connectivity index (χ2n) is 5.11. The summed E-state index contributed by atoms with van der Waals surface area (Å²) in [5.74, 6) is 0.701. The zero-order valence-electron chi connectivity index (χ0n) is 11.9. The van der Waals surface area contributed by atoms with Crippen molar-refractivity contribution in [2.75, 3.05) is 5.75 Å². The Morgan fingerprint density at radius 3 is 2.83 bits per heavy atom. The van der Waals surface area contributed by atoms with Crippen LogP contribution in [0.4, 0.5) is 0 Å². The summed E-state index contributed by atoms with van der Waals surface area (Å²) in [6, 6.07) is 5.18. The van der Waals surface area contributed by atoms with E-state index in [1.54, 1.807) is 30.6 Å². The number of aromatic nitrogens is 2. The lowest BCUT2D eigenvalue weighted by Gasteiger charge is -2.34. The van der Waals surface area contributed by atoms with Gasteiger partial charge in [0.1, 0.15) is 18.0 Å². The summed E-state index contributed by atoms with van der Waals surface area (Å²) in [7, 11) is 0. The van der Waals surface area contributed by atoms with Crippen LogP contribution in [0.5, 0.6) is 5.75 Å². The highest BCUT2D eigenvalue weighted by atomic mass is 35.5. The lowest BCUT2D eigenvalue weighted by atomic mass is 10.1. The first-order chi connectivity index (χ1) is 11.1. The predicted molar refractivity (Wildman–Crippen MR) is 87.4 cm³/mol. The molecule has 1 fully saturated rings. The van der Waals surface area contributed by atoms with Crippen LogP contribution < -0.4 is 4.74 Å². The molecule has 0 aromatic carbocycles. The van der Waals surface area contributed by atoms with E-state index in [1.165, 1.54) is 18.0 Å². The highest BCUT2D eigenvalue weighted by Gasteiger charge is 2.38. The van der Waals surface area contributed by atoms with Crippen molar-refractivity contribution in [1.29, 1.82) is 0 Å². The van der Waals surface area contributed by atoms with E-state index in [1.807, 2.05) is 0 Å². The molecular formula is C15H15ClN2O4S. The minimum atomic E-state index is -1.23. The molecule has 1 aliphatic rings. The second-order valence-corrected chi connectivity index (χ2v) is 6.65. The van der Waals surface area contributed by atoms with Crippen molar-refractivity contribution in [3.8, 4) is 17.0 Å². The minimum absolute atomic E-state index is 0.280. The Morgan fingerprint density at radius 1 is 1.22 bits per heavy atom. The Balaban J connectivity index is 1.80. The Kier molecular flexibility index (Phi) is 5.03. The van der Waals surface area contributed by atoms with Crippen molar-refractivity contribution in [3.63, 3.8) is 0 Å². The lowest BCUT2D eigenvalue weighted by molar-refractivity contribution is -0.0786. The standard InChI is InChI=1S/C15H15ClN2O4S/c16-10-2-1-3-18-12(10)8-4-9(6-17-5-8)22-15-14(21)13(20)11(19)7-23-15/h1-6,11,13-15,19-21H,7H2/t11-,13+,14-,15+/m1/s1. The van der Waals surface area contributed by atoms with Gasteiger partial charge in [-0.1, -0.05) is 11.6 Å². The third-order valence-electron chi connectivity index (χ3n) is 3.45. The van der Waals surface area contributed by atoms with Gasteiger partial charge in [-0.05, 0) is 18.2 Å². The average Bonchev–Trinajstić information content (AvgIpc) is 2.56. The number of nitrogens with zero attached hydrogens (tertiary/aromatic N) is 2. The molecule has 2 aromatic rings. The highest BCUT2D eigenvalue weighted by Crippen LogP contribution is 2.31. The Morgan fingerprint density at radius 2 is 2.04 bits per heavy atom. The maximum absolute atomic E-state index is 9.99. The summed E-state index contributed by atoms with van der Waals surface area (Å²) in [5.41, 5.74) is 0.577. The fourth-order valence-corrected chi connectivity index (χ4v) is 3.58. The van der Waals surface area contributed by atoms with Gasteiger partial charge in [0.05, 0.1) is 23.0 Å². The fraction of sp³-hybridized carbons (Fsp3) is 0.333. The number of halogens is 1. The van der Waals surface area contributed by atoms with Crippen LogP contribution in [0.1, 0.15) is 0 Å².